The maximum atomic E-state index is 11.2. The Kier molecular flexibility index (Phi) is 5.29. The molecular formula is C19H25NO3S. The highest BCUT2D eigenvalue weighted by Crippen LogP contribution is 2.39. The van der Waals surface area contributed by atoms with Gasteiger partial charge in [-0.05, 0) is 37.0 Å². The normalized spacial score (nSPS) is 16.9. The molecule has 0 spiro atoms. The van der Waals surface area contributed by atoms with Gasteiger partial charge in [0.15, 0.2) is 0 Å². The summed E-state index contributed by atoms with van der Waals surface area (Å²) in [7, 11) is 0. The van der Waals surface area contributed by atoms with E-state index in [1.54, 1.807) is 0 Å². The maximum Gasteiger partial charge on any atom is 0.307 e. The van der Waals surface area contributed by atoms with Crippen molar-refractivity contribution < 1.29 is 9.84 Å². The second-order valence-corrected chi connectivity index (χ2v) is 7.88. The monoisotopic (exact) mass is 347 g/mol. The minimum atomic E-state index is -0.222. The van der Waals surface area contributed by atoms with E-state index in [4.69, 9.17) is 4.74 Å². The number of aromatic amines is 1. The Balaban J connectivity index is 1.60. The highest BCUT2D eigenvalue weighted by molar-refractivity contribution is 7.09. The van der Waals surface area contributed by atoms with Gasteiger partial charge in [-0.15, -0.1) is 0 Å². The molecule has 2 aromatic rings. The number of hydrogen-bond donors (Lipinski definition) is 2. The van der Waals surface area contributed by atoms with Gasteiger partial charge < -0.3 is 9.84 Å². The number of H-pyrrole nitrogens is 1. The lowest BCUT2D eigenvalue weighted by Crippen LogP contribution is -2.30. The third kappa shape index (κ3) is 4.01. The average Bonchev–Trinajstić information content (AvgIpc) is 2.92. The molecule has 1 saturated carbocycles. The molecule has 3 rings (SSSR count). The van der Waals surface area contributed by atoms with E-state index >= 15 is 0 Å². The van der Waals surface area contributed by atoms with Crippen LogP contribution in [0.1, 0.15) is 55.9 Å². The lowest BCUT2D eigenvalue weighted by molar-refractivity contribution is 0.0926. The average molecular weight is 347 g/mol. The molecule has 5 heteroatoms. The predicted octanol–water partition coefficient (Wildman–Crippen LogP) is 4.47. The van der Waals surface area contributed by atoms with Gasteiger partial charge in [-0.1, -0.05) is 49.7 Å². The van der Waals surface area contributed by atoms with Crippen molar-refractivity contribution in [1.29, 1.82) is 0 Å². The molecule has 1 aromatic carbocycles. The van der Waals surface area contributed by atoms with E-state index in [-0.39, 0.29) is 10.8 Å². The first-order valence-electron chi connectivity index (χ1n) is 8.73. The van der Waals surface area contributed by atoms with Gasteiger partial charge >= 0.3 is 4.87 Å². The molecule has 1 aromatic heterocycles. The molecule has 1 aliphatic carbocycles. The third-order valence-electron chi connectivity index (χ3n) is 5.20. The summed E-state index contributed by atoms with van der Waals surface area (Å²) in [6.45, 7) is 3.07. The van der Waals surface area contributed by atoms with E-state index in [0.29, 0.717) is 16.7 Å². The zero-order valence-electron chi connectivity index (χ0n) is 14.1. The molecule has 0 atom stereocenters. The number of hydrogen-bond acceptors (Lipinski definition) is 4. The standard InChI is InChI=1S/C19H25NO3S/c1-2-19(10-4-3-5-11-19)13-23-15-8-6-14(7-9-15)12-16-17(21)20-18(22)24-16/h6-9,21H,2-5,10-13H2,1H3,(H,20,22). The summed E-state index contributed by atoms with van der Waals surface area (Å²) in [5, 5.41) is 9.66. The van der Waals surface area contributed by atoms with Crippen LogP contribution in [0, 0.1) is 5.41 Å². The van der Waals surface area contributed by atoms with E-state index in [1.165, 1.54) is 38.5 Å². The van der Waals surface area contributed by atoms with Crippen molar-refractivity contribution in [2.24, 2.45) is 5.41 Å². The van der Waals surface area contributed by atoms with Gasteiger partial charge in [-0.25, -0.2) is 0 Å². The molecule has 4 nitrogen and oxygen atoms in total. The summed E-state index contributed by atoms with van der Waals surface area (Å²) in [5.41, 5.74) is 1.40. The first kappa shape index (κ1) is 17.1. The van der Waals surface area contributed by atoms with Crippen LogP contribution in [0.5, 0.6) is 11.6 Å². The lowest BCUT2D eigenvalue weighted by atomic mass is 9.73. The largest absolute Gasteiger partial charge is 0.494 e. The quantitative estimate of drug-likeness (QED) is 0.810. The third-order valence-corrected chi connectivity index (χ3v) is 6.07. The molecule has 130 valence electrons. The molecule has 0 unspecified atom stereocenters. The van der Waals surface area contributed by atoms with Gasteiger partial charge in [0.1, 0.15) is 5.75 Å². The van der Waals surface area contributed by atoms with Crippen LogP contribution in [-0.2, 0) is 6.42 Å². The van der Waals surface area contributed by atoms with Crippen LogP contribution in [0.3, 0.4) is 0 Å². The highest BCUT2D eigenvalue weighted by Gasteiger charge is 2.30. The summed E-state index contributed by atoms with van der Waals surface area (Å²) in [4.78, 5) is 14.1. The first-order valence-corrected chi connectivity index (χ1v) is 9.55. The molecule has 24 heavy (non-hydrogen) atoms. The Hall–Kier alpha value is -1.75. The van der Waals surface area contributed by atoms with E-state index in [1.807, 2.05) is 24.3 Å². The summed E-state index contributed by atoms with van der Waals surface area (Å²) < 4.78 is 6.07. The van der Waals surface area contributed by atoms with E-state index in [9.17, 15) is 9.90 Å². The number of aromatic hydroxyl groups is 1. The topological polar surface area (TPSA) is 62.3 Å². The summed E-state index contributed by atoms with van der Waals surface area (Å²) in [5.74, 6) is 0.871. The van der Waals surface area contributed by atoms with Crippen molar-refractivity contribution in [2.75, 3.05) is 6.61 Å². The molecule has 1 fully saturated rings. The highest BCUT2D eigenvalue weighted by atomic mass is 32.1. The first-order chi connectivity index (χ1) is 11.6. The van der Waals surface area contributed by atoms with Crippen LogP contribution in [-0.4, -0.2) is 16.7 Å². The molecule has 1 aliphatic rings. The number of benzene rings is 1. The van der Waals surface area contributed by atoms with Crippen LogP contribution >= 0.6 is 11.3 Å². The summed E-state index contributed by atoms with van der Waals surface area (Å²) in [6, 6.07) is 7.96. The van der Waals surface area contributed by atoms with Crippen LogP contribution in [0.2, 0.25) is 0 Å². The van der Waals surface area contributed by atoms with Crippen LogP contribution in [0.4, 0.5) is 0 Å². The molecule has 0 saturated heterocycles. The summed E-state index contributed by atoms with van der Waals surface area (Å²) >= 11 is 1.05. The Morgan fingerprint density at radius 3 is 2.50 bits per heavy atom. The zero-order valence-corrected chi connectivity index (χ0v) is 15.0. The van der Waals surface area contributed by atoms with Gasteiger partial charge in [0.2, 0.25) is 5.88 Å². The lowest BCUT2D eigenvalue weighted by Gasteiger charge is -2.36. The fraction of sp³-hybridized carbons (Fsp3) is 0.526. The molecule has 2 N–H and O–H groups in total. The van der Waals surface area contributed by atoms with E-state index in [0.717, 1.165) is 29.3 Å². The van der Waals surface area contributed by atoms with Crippen molar-refractivity contribution >= 4 is 11.3 Å². The molecule has 0 bridgehead atoms. The molecule has 0 amide bonds. The number of aromatic nitrogens is 1. The van der Waals surface area contributed by atoms with Gasteiger partial charge in [0, 0.05) is 11.8 Å². The van der Waals surface area contributed by atoms with Crippen molar-refractivity contribution in [2.45, 2.75) is 51.9 Å². The second-order valence-electron chi connectivity index (χ2n) is 6.81. The molecule has 0 aliphatic heterocycles. The van der Waals surface area contributed by atoms with Crippen LogP contribution < -0.4 is 9.61 Å². The Morgan fingerprint density at radius 1 is 1.21 bits per heavy atom. The predicted molar refractivity (Wildman–Crippen MR) is 97.2 cm³/mol. The number of nitrogens with one attached hydrogen (secondary N) is 1. The van der Waals surface area contributed by atoms with Gasteiger partial charge in [0.05, 0.1) is 11.5 Å². The van der Waals surface area contributed by atoms with E-state index < -0.39 is 0 Å². The van der Waals surface area contributed by atoms with Crippen molar-refractivity contribution in [3.63, 3.8) is 0 Å². The Bertz CT molecular complexity index is 711. The van der Waals surface area contributed by atoms with Gasteiger partial charge in [0.25, 0.3) is 0 Å². The minimum Gasteiger partial charge on any atom is -0.494 e. The molecule has 0 radical (unpaired) electrons. The Labute approximate surface area is 146 Å². The van der Waals surface area contributed by atoms with E-state index in [2.05, 4.69) is 11.9 Å². The van der Waals surface area contributed by atoms with Crippen LogP contribution in [0.25, 0.3) is 0 Å². The fourth-order valence-electron chi connectivity index (χ4n) is 3.50. The molecule has 1 heterocycles. The van der Waals surface area contributed by atoms with Crippen LogP contribution in [0.15, 0.2) is 29.1 Å². The number of thiazole rings is 1. The number of rotatable bonds is 6. The minimum absolute atomic E-state index is 0.0208. The van der Waals surface area contributed by atoms with Crippen molar-refractivity contribution in [3.05, 3.63) is 44.4 Å². The van der Waals surface area contributed by atoms with Crippen molar-refractivity contribution in [3.8, 4) is 11.6 Å². The van der Waals surface area contributed by atoms with Gasteiger partial charge in [-0.2, -0.15) is 0 Å². The zero-order chi connectivity index (χ0) is 17.0. The Morgan fingerprint density at radius 2 is 1.92 bits per heavy atom. The van der Waals surface area contributed by atoms with Crippen molar-refractivity contribution in [1.82, 2.24) is 4.98 Å². The molecular weight excluding hydrogens is 322 g/mol. The maximum absolute atomic E-state index is 11.2. The fourth-order valence-corrected chi connectivity index (χ4v) is 4.26. The number of ether oxygens (including phenoxy) is 1. The summed E-state index contributed by atoms with van der Waals surface area (Å²) in [6.07, 6.45) is 8.26. The smallest absolute Gasteiger partial charge is 0.307 e. The second kappa shape index (κ2) is 7.43. The van der Waals surface area contributed by atoms with Gasteiger partial charge in [-0.3, -0.25) is 9.78 Å². The SMILES string of the molecule is CCC1(COc2ccc(Cc3sc(=O)[nH]c3O)cc2)CCCCC1.